The molecule has 2 heterocycles. The topological polar surface area (TPSA) is 69.6 Å². The van der Waals surface area contributed by atoms with Crippen molar-refractivity contribution in [3.05, 3.63) is 18.0 Å². The minimum atomic E-state index is -4.46. The number of hydrogen-bond acceptors (Lipinski definition) is 4. The number of hydrogen-bond donors (Lipinski definition) is 1. The Hall–Kier alpha value is -2.06. The fraction of sp³-hybridized carbons (Fsp3) is 0.500. The zero-order valence-electron chi connectivity index (χ0n) is 9.76. The summed E-state index contributed by atoms with van der Waals surface area (Å²) in [6, 6.07) is 0. The van der Waals surface area contributed by atoms with Crippen molar-refractivity contribution < 1.29 is 23.1 Å². The molecule has 1 aliphatic rings. The van der Waals surface area contributed by atoms with Gasteiger partial charge in [0.1, 0.15) is 0 Å². The van der Waals surface area contributed by atoms with Crippen LogP contribution in [0, 0.1) is 0 Å². The summed E-state index contributed by atoms with van der Waals surface area (Å²) in [5.74, 6) is 0.179. The second-order valence-electron chi connectivity index (χ2n) is 4.03. The van der Waals surface area contributed by atoms with Gasteiger partial charge in [-0.15, -0.1) is 0 Å². The highest BCUT2D eigenvalue weighted by Gasteiger charge is 2.31. The van der Waals surface area contributed by atoms with Crippen LogP contribution in [0.25, 0.3) is 0 Å². The summed E-state index contributed by atoms with van der Waals surface area (Å²) >= 11 is 0. The Kier molecular flexibility index (Phi) is 3.45. The van der Waals surface area contributed by atoms with Crippen LogP contribution in [0.15, 0.2) is 12.4 Å². The third-order valence-electron chi connectivity index (χ3n) is 2.80. The average molecular weight is 276 g/mol. The SMILES string of the molecule is O=C(O)N1CCN(c2ncc(C(F)(F)F)cn2)CC1. The molecule has 1 N–H and O–H groups in total. The van der Waals surface area contributed by atoms with Gasteiger partial charge in [0, 0.05) is 38.6 Å². The summed E-state index contributed by atoms with van der Waals surface area (Å²) in [5.41, 5.74) is -0.902. The quantitative estimate of drug-likeness (QED) is 0.837. The van der Waals surface area contributed by atoms with Gasteiger partial charge in [0.15, 0.2) is 0 Å². The van der Waals surface area contributed by atoms with Crippen molar-refractivity contribution in [1.29, 1.82) is 0 Å². The van der Waals surface area contributed by atoms with Crippen molar-refractivity contribution in [3.8, 4) is 0 Å². The van der Waals surface area contributed by atoms with E-state index in [2.05, 4.69) is 9.97 Å². The van der Waals surface area contributed by atoms with Crippen LogP contribution in [0.4, 0.5) is 23.9 Å². The standard InChI is InChI=1S/C10H11F3N4O2/c11-10(12,13)7-5-14-8(15-6-7)16-1-3-17(4-2-16)9(18)19/h5-6H,1-4H2,(H,18,19). The van der Waals surface area contributed by atoms with Gasteiger partial charge in [-0.25, -0.2) is 14.8 Å². The van der Waals surface area contributed by atoms with E-state index in [1.807, 2.05) is 0 Å². The Labute approximate surface area is 106 Å². The normalized spacial score (nSPS) is 16.6. The molecule has 104 valence electrons. The van der Waals surface area contributed by atoms with E-state index in [4.69, 9.17) is 5.11 Å². The third-order valence-corrected chi connectivity index (χ3v) is 2.80. The van der Waals surface area contributed by atoms with E-state index >= 15 is 0 Å². The number of carbonyl (C=O) groups is 1. The third kappa shape index (κ3) is 3.04. The first-order valence-corrected chi connectivity index (χ1v) is 5.50. The smallest absolute Gasteiger partial charge is 0.419 e. The van der Waals surface area contributed by atoms with Crippen LogP contribution in [0.3, 0.4) is 0 Å². The van der Waals surface area contributed by atoms with E-state index < -0.39 is 17.8 Å². The number of piperazine rings is 1. The summed E-state index contributed by atoms with van der Waals surface area (Å²) < 4.78 is 37.0. The highest BCUT2D eigenvalue weighted by atomic mass is 19.4. The first-order chi connectivity index (χ1) is 8.88. The zero-order valence-corrected chi connectivity index (χ0v) is 9.76. The maximum Gasteiger partial charge on any atom is 0.419 e. The predicted octanol–water partition coefficient (Wildman–Crippen LogP) is 1.30. The van der Waals surface area contributed by atoms with Crippen molar-refractivity contribution in [2.24, 2.45) is 0 Å². The second-order valence-corrected chi connectivity index (χ2v) is 4.03. The number of halogens is 3. The highest BCUT2D eigenvalue weighted by Crippen LogP contribution is 2.28. The molecule has 0 spiro atoms. The number of alkyl halides is 3. The fourth-order valence-corrected chi connectivity index (χ4v) is 1.73. The number of rotatable bonds is 1. The van der Waals surface area contributed by atoms with Gasteiger partial charge in [0.25, 0.3) is 0 Å². The van der Waals surface area contributed by atoms with E-state index in [9.17, 15) is 18.0 Å². The van der Waals surface area contributed by atoms with Crippen LogP contribution in [-0.2, 0) is 6.18 Å². The molecule has 1 amide bonds. The molecule has 19 heavy (non-hydrogen) atoms. The molecule has 1 aromatic rings. The molecule has 0 unspecified atom stereocenters. The van der Waals surface area contributed by atoms with Crippen molar-refractivity contribution in [1.82, 2.24) is 14.9 Å². The maximum absolute atomic E-state index is 12.3. The van der Waals surface area contributed by atoms with E-state index in [0.717, 1.165) is 12.4 Å². The Morgan fingerprint density at radius 3 is 2.11 bits per heavy atom. The molecular formula is C10H11F3N4O2. The minimum absolute atomic E-state index is 0.179. The van der Waals surface area contributed by atoms with Crippen LogP contribution >= 0.6 is 0 Å². The predicted molar refractivity (Wildman–Crippen MR) is 58.8 cm³/mol. The van der Waals surface area contributed by atoms with Gasteiger partial charge in [-0.3, -0.25) is 0 Å². The summed E-state index contributed by atoms with van der Waals surface area (Å²) in [4.78, 5) is 20.9. The van der Waals surface area contributed by atoms with E-state index in [0.29, 0.717) is 13.1 Å². The van der Waals surface area contributed by atoms with Crippen molar-refractivity contribution in [2.75, 3.05) is 31.1 Å². The molecule has 1 fully saturated rings. The van der Waals surface area contributed by atoms with E-state index in [1.54, 1.807) is 4.90 Å². The van der Waals surface area contributed by atoms with Gasteiger partial charge >= 0.3 is 12.3 Å². The summed E-state index contributed by atoms with van der Waals surface area (Å²) in [6.07, 6.45) is -4.01. The second kappa shape index (κ2) is 4.90. The van der Waals surface area contributed by atoms with Crippen LogP contribution in [0.1, 0.15) is 5.56 Å². The first kappa shape index (κ1) is 13.4. The van der Waals surface area contributed by atoms with Gasteiger partial charge in [0.2, 0.25) is 5.95 Å². The molecule has 0 bridgehead atoms. The van der Waals surface area contributed by atoms with E-state index in [1.165, 1.54) is 4.90 Å². The lowest BCUT2D eigenvalue weighted by Crippen LogP contribution is -2.48. The molecular weight excluding hydrogens is 265 g/mol. The Bertz CT molecular complexity index is 455. The van der Waals surface area contributed by atoms with Crippen molar-refractivity contribution in [3.63, 3.8) is 0 Å². The van der Waals surface area contributed by atoms with Crippen LogP contribution in [0.2, 0.25) is 0 Å². The maximum atomic E-state index is 12.3. The minimum Gasteiger partial charge on any atom is -0.465 e. The molecule has 6 nitrogen and oxygen atoms in total. The number of aromatic nitrogens is 2. The van der Waals surface area contributed by atoms with Crippen LogP contribution < -0.4 is 4.90 Å². The van der Waals surface area contributed by atoms with Crippen molar-refractivity contribution >= 4 is 12.0 Å². The van der Waals surface area contributed by atoms with Gasteiger partial charge in [-0.2, -0.15) is 13.2 Å². The Balaban J connectivity index is 2.02. The Morgan fingerprint density at radius 1 is 1.16 bits per heavy atom. The molecule has 0 atom stereocenters. The van der Waals surface area contributed by atoms with Gasteiger partial charge in [0.05, 0.1) is 5.56 Å². The molecule has 1 saturated heterocycles. The lowest BCUT2D eigenvalue weighted by molar-refractivity contribution is -0.138. The van der Waals surface area contributed by atoms with Gasteiger partial charge in [-0.05, 0) is 0 Å². The summed E-state index contributed by atoms with van der Waals surface area (Å²) in [6.45, 7) is 1.27. The number of carboxylic acid groups (broad SMARTS) is 1. The van der Waals surface area contributed by atoms with Crippen LogP contribution in [-0.4, -0.2) is 52.2 Å². The lowest BCUT2D eigenvalue weighted by atomic mass is 10.3. The number of amides is 1. The largest absolute Gasteiger partial charge is 0.465 e. The molecule has 0 aromatic carbocycles. The molecule has 0 aliphatic carbocycles. The lowest BCUT2D eigenvalue weighted by Gasteiger charge is -2.33. The zero-order chi connectivity index (χ0) is 14.0. The summed E-state index contributed by atoms with van der Waals surface area (Å²) in [5, 5.41) is 8.77. The van der Waals surface area contributed by atoms with Crippen LogP contribution in [0.5, 0.6) is 0 Å². The highest BCUT2D eigenvalue weighted by molar-refractivity contribution is 5.65. The molecule has 2 rings (SSSR count). The summed E-state index contributed by atoms with van der Waals surface area (Å²) in [7, 11) is 0. The molecule has 1 aliphatic heterocycles. The fourth-order valence-electron chi connectivity index (χ4n) is 1.73. The van der Waals surface area contributed by atoms with E-state index in [-0.39, 0.29) is 19.0 Å². The molecule has 0 saturated carbocycles. The number of nitrogens with zero attached hydrogens (tertiary/aromatic N) is 4. The first-order valence-electron chi connectivity index (χ1n) is 5.50. The average Bonchev–Trinajstić information content (AvgIpc) is 2.38. The van der Waals surface area contributed by atoms with Crippen molar-refractivity contribution in [2.45, 2.75) is 6.18 Å². The van der Waals surface area contributed by atoms with Gasteiger partial charge < -0.3 is 14.9 Å². The molecule has 9 heteroatoms. The Morgan fingerprint density at radius 2 is 1.68 bits per heavy atom. The monoisotopic (exact) mass is 276 g/mol. The molecule has 0 radical (unpaired) electrons. The van der Waals surface area contributed by atoms with Gasteiger partial charge in [-0.1, -0.05) is 0 Å². The molecule has 1 aromatic heterocycles. The number of anilines is 1.